The summed E-state index contributed by atoms with van der Waals surface area (Å²) in [6.45, 7) is 1.84. The van der Waals surface area contributed by atoms with Gasteiger partial charge in [0.15, 0.2) is 5.01 Å². The smallest absolute Gasteiger partial charge is 0.251 e. The molecule has 0 fully saturated rings. The van der Waals surface area contributed by atoms with Crippen molar-refractivity contribution in [1.29, 1.82) is 0 Å². The number of rotatable bonds is 2. The van der Waals surface area contributed by atoms with E-state index < -0.39 is 5.91 Å². The average Bonchev–Trinajstić information content (AvgIpc) is 2.69. The van der Waals surface area contributed by atoms with Gasteiger partial charge in [-0.25, -0.2) is 4.98 Å². The normalized spacial score (nSPS) is 10.2. The number of pyridine rings is 1. The van der Waals surface area contributed by atoms with Crippen molar-refractivity contribution in [2.45, 2.75) is 6.92 Å². The van der Waals surface area contributed by atoms with Crippen LogP contribution >= 0.6 is 11.3 Å². The Morgan fingerprint density at radius 2 is 2.27 bits per heavy atom. The molecule has 0 radical (unpaired) electrons. The van der Waals surface area contributed by atoms with Gasteiger partial charge in [0.25, 0.3) is 5.91 Å². The molecule has 0 aliphatic rings. The summed E-state index contributed by atoms with van der Waals surface area (Å²) in [5, 5.41) is 8.18. The number of hydrogen-bond acceptors (Lipinski definition) is 5. The van der Waals surface area contributed by atoms with Crippen LogP contribution in [0.3, 0.4) is 0 Å². The van der Waals surface area contributed by atoms with Gasteiger partial charge >= 0.3 is 0 Å². The predicted octanol–water partition coefficient (Wildman–Crippen LogP) is 1.01. The van der Waals surface area contributed by atoms with Crippen molar-refractivity contribution >= 4 is 17.2 Å². The van der Waals surface area contributed by atoms with Crippen LogP contribution in [0, 0.1) is 6.92 Å². The molecule has 0 aliphatic heterocycles. The Bertz CT molecular complexity index is 495. The summed E-state index contributed by atoms with van der Waals surface area (Å²) in [7, 11) is 0. The Hall–Kier alpha value is -1.82. The van der Waals surface area contributed by atoms with Crippen LogP contribution < -0.4 is 5.73 Å². The molecular weight excluding hydrogens is 212 g/mol. The standard InChI is InChI=1S/C9H8N4OS/c1-5-2-3-6(8(10)14)7(12-5)9-13-11-4-15-9/h2-4H,1H3,(H2,10,14). The van der Waals surface area contributed by atoms with Gasteiger partial charge in [0.05, 0.1) is 5.56 Å². The Morgan fingerprint density at radius 1 is 1.47 bits per heavy atom. The number of carbonyl (C=O) groups excluding carboxylic acids is 1. The van der Waals surface area contributed by atoms with Crippen LogP contribution in [0.5, 0.6) is 0 Å². The van der Waals surface area contributed by atoms with Gasteiger partial charge in [-0.15, -0.1) is 10.2 Å². The van der Waals surface area contributed by atoms with Gasteiger partial charge in [0.1, 0.15) is 11.2 Å². The van der Waals surface area contributed by atoms with E-state index >= 15 is 0 Å². The summed E-state index contributed by atoms with van der Waals surface area (Å²) >= 11 is 1.32. The lowest BCUT2D eigenvalue weighted by molar-refractivity contribution is 0.100. The van der Waals surface area contributed by atoms with Crippen molar-refractivity contribution in [2.24, 2.45) is 5.73 Å². The van der Waals surface area contributed by atoms with Gasteiger partial charge in [-0.3, -0.25) is 4.79 Å². The van der Waals surface area contributed by atoms with Gasteiger partial charge in [-0.05, 0) is 19.1 Å². The first-order chi connectivity index (χ1) is 7.18. The first kappa shape index (κ1) is 9.72. The van der Waals surface area contributed by atoms with E-state index in [2.05, 4.69) is 15.2 Å². The molecule has 0 aromatic carbocycles. The molecule has 5 nitrogen and oxygen atoms in total. The van der Waals surface area contributed by atoms with Crippen LogP contribution in [0.1, 0.15) is 16.1 Å². The van der Waals surface area contributed by atoms with Crippen LogP contribution in [0.4, 0.5) is 0 Å². The minimum atomic E-state index is -0.507. The molecule has 6 heteroatoms. The van der Waals surface area contributed by atoms with Gasteiger partial charge < -0.3 is 5.73 Å². The largest absolute Gasteiger partial charge is 0.366 e. The molecule has 0 unspecified atom stereocenters. The zero-order valence-electron chi connectivity index (χ0n) is 7.97. The van der Waals surface area contributed by atoms with Crippen LogP contribution in [-0.2, 0) is 0 Å². The fraction of sp³-hybridized carbons (Fsp3) is 0.111. The minimum Gasteiger partial charge on any atom is -0.366 e. The van der Waals surface area contributed by atoms with Gasteiger partial charge in [0, 0.05) is 5.69 Å². The molecule has 0 aliphatic carbocycles. The summed E-state index contributed by atoms with van der Waals surface area (Å²) < 4.78 is 0. The van der Waals surface area contributed by atoms with Gasteiger partial charge in [-0.1, -0.05) is 11.3 Å². The van der Waals surface area contributed by atoms with Crippen molar-refractivity contribution in [3.05, 3.63) is 28.9 Å². The van der Waals surface area contributed by atoms with E-state index in [4.69, 9.17) is 5.73 Å². The molecule has 1 amide bonds. The lowest BCUT2D eigenvalue weighted by Gasteiger charge is -2.02. The third-order valence-corrected chi connectivity index (χ3v) is 2.56. The fourth-order valence-corrected chi connectivity index (χ4v) is 1.75. The van der Waals surface area contributed by atoms with Crippen molar-refractivity contribution in [2.75, 3.05) is 0 Å². The Morgan fingerprint density at radius 3 is 2.87 bits per heavy atom. The number of carbonyl (C=O) groups is 1. The molecule has 2 N–H and O–H groups in total. The fourth-order valence-electron chi connectivity index (χ4n) is 1.19. The third-order valence-electron chi connectivity index (χ3n) is 1.86. The zero-order valence-corrected chi connectivity index (χ0v) is 8.78. The van der Waals surface area contributed by atoms with Crippen LogP contribution in [-0.4, -0.2) is 21.1 Å². The molecular formula is C9H8N4OS. The van der Waals surface area contributed by atoms with Gasteiger partial charge in [0.2, 0.25) is 0 Å². The minimum absolute atomic E-state index is 0.373. The Labute approximate surface area is 90.0 Å². The summed E-state index contributed by atoms with van der Waals surface area (Å²) in [6.07, 6.45) is 0. The molecule has 0 spiro atoms. The first-order valence-electron chi connectivity index (χ1n) is 4.22. The predicted molar refractivity (Wildman–Crippen MR) is 56.4 cm³/mol. The second-order valence-electron chi connectivity index (χ2n) is 2.96. The number of nitrogens with two attached hydrogens (primary N) is 1. The van der Waals surface area contributed by atoms with Crippen molar-refractivity contribution in [3.63, 3.8) is 0 Å². The van der Waals surface area contributed by atoms with E-state index in [1.54, 1.807) is 17.6 Å². The lowest BCUT2D eigenvalue weighted by Crippen LogP contribution is -2.13. The van der Waals surface area contributed by atoms with Crippen LogP contribution in [0.2, 0.25) is 0 Å². The maximum absolute atomic E-state index is 11.2. The highest BCUT2D eigenvalue weighted by Crippen LogP contribution is 2.22. The van der Waals surface area contributed by atoms with Gasteiger partial charge in [-0.2, -0.15) is 0 Å². The third kappa shape index (κ3) is 1.84. The second kappa shape index (κ2) is 3.74. The number of nitrogens with zero attached hydrogens (tertiary/aromatic N) is 3. The first-order valence-corrected chi connectivity index (χ1v) is 5.10. The highest BCUT2D eigenvalue weighted by atomic mass is 32.1. The Kier molecular flexibility index (Phi) is 2.42. The molecule has 2 rings (SSSR count). The summed E-state index contributed by atoms with van der Waals surface area (Å²) in [5.41, 5.74) is 8.52. The number of aromatic nitrogens is 3. The summed E-state index contributed by atoms with van der Waals surface area (Å²) in [4.78, 5) is 15.4. The topological polar surface area (TPSA) is 81.8 Å². The second-order valence-corrected chi connectivity index (χ2v) is 3.79. The SMILES string of the molecule is Cc1ccc(C(N)=O)c(-c2nncs2)n1. The molecule has 0 bridgehead atoms. The lowest BCUT2D eigenvalue weighted by atomic mass is 10.1. The van der Waals surface area contributed by atoms with Crippen molar-refractivity contribution < 1.29 is 4.79 Å². The van der Waals surface area contributed by atoms with Crippen LogP contribution in [0.15, 0.2) is 17.6 Å². The van der Waals surface area contributed by atoms with Crippen molar-refractivity contribution in [3.8, 4) is 10.7 Å². The maximum Gasteiger partial charge on any atom is 0.251 e. The van der Waals surface area contributed by atoms with E-state index in [-0.39, 0.29) is 0 Å². The highest BCUT2D eigenvalue weighted by molar-refractivity contribution is 7.12. The monoisotopic (exact) mass is 220 g/mol. The molecule has 2 heterocycles. The Balaban J connectivity index is 2.63. The average molecular weight is 220 g/mol. The highest BCUT2D eigenvalue weighted by Gasteiger charge is 2.14. The van der Waals surface area contributed by atoms with Crippen molar-refractivity contribution in [1.82, 2.24) is 15.2 Å². The molecule has 0 saturated heterocycles. The van der Waals surface area contributed by atoms with Crippen LogP contribution in [0.25, 0.3) is 10.7 Å². The van der Waals surface area contributed by atoms with E-state index in [0.29, 0.717) is 16.3 Å². The summed E-state index contributed by atoms with van der Waals surface area (Å²) in [5.74, 6) is -0.507. The molecule has 15 heavy (non-hydrogen) atoms. The molecule has 0 atom stereocenters. The van der Waals surface area contributed by atoms with E-state index in [0.717, 1.165) is 5.69 Å². The maximum atomic E-state index is 11.2. The quantitative estimate of drug-likeness (QED) is 0.818. The molecule has 2 aromatic heterocycles. The molecule has 76 valence electrons. The number of aryl methyl sites for hydroxylation is 1. The van der Waals surface area contributed by atoms with E-state index in [1.165, 1.54) is 11.3 Å². The molecule has 0 saturated carbocycles. The van der Waals surface area contributed by atoms with E-state index in [9.17, 15) is 4.79 Å². The summed E-state index contributed by atoms with van der Waals surface area (Å²) in [6, 6.07) is 3.39. The molecule has 2 aromatic rings. The number of hydrogen-bond donors (Lipinski definition) is 1. The number of primary amides is 1. The number of amides is 1. The zero-order chi connectivity index (χ0) is 10.8. The van der Waals surface area contributed by atoms with E-state index in [1.807, 2.05) is 6.92 Å².